The molecule has 4 heterocycles. The van der Waals surface area contributed by atoms with Crippen LogP contribution < -0.4 is 10.2 Å². The maximum absolute atomic E-state index is 4.88. The molecule has 0 aromatic carbocycles. The Labute approximate surface area is 152 Å². The van der Waals surface area contributed by atoms with Crippen LogP contribution in [0, 0.1) is 0 Å². The zero-order valence-corrected chi connectivity index (χ0v) is 14.8. The van der Waals surface area contributed by atoms with Crippen molar-refractivity contribution in [1.82, 2.24) is 30.2 Å². The number of pyridine rings is 1. The molecule has 7 heteroatoms. The second-order valence-corrected chi connectivity index (χ2v) is 6.32. The van der Waals surface area contributed by atoms with Crippen molar-refractivity contribution in [2.45, 2.75) is 19.4 Å². The highest BCUT2D eigenvalue weighted by molar-refractivity contribution is 5.58. The summed E-state index contributed by atoms with van der Waals surface area (Å²) in [6, 6.07) is 7.74. The molecule has 0 spiro atoms. The molecule has 0 atom stereocenters. The van der Waals surface area contributed by atoms with E-state index in [-0.39, 0.29) is 0 Å². The lowest BCUT2D eigenvalue weighted by Gasteiger charge is -2.22. The minimum atomic E-state index is 0.668. The van der Waals surface area contributed by atoms with Crippen molar-refractivity contribution in [2.75, 3.05) is 25.0 Å². The maximum Gasteiger partial charge on any atom is 0.180 e. The Morgan fingerprint density at radius 3 is 2.77 bits per heavy atom. The number of nitrogens with one attached hydrogen (secondary N) is 1. The van der Waals surface area contributed by atoms with Gasteiger partial charge in [-0.2, -0.15) is 0 Å². The second kappa shape index (κ2) is 7.53. The number of fused-ring (bicyclic) bond motifs is 1. The van der Waals surface area contributed by atoms with Crippen molar-refractivity contribution in [3.05, 3.63) is 59.9 Å². The molecule has 0 saturated heterocycles. The van der Waals surface area contributed by atoms with E-state index in [1.54, 1.807) is 18.7 Å². The quantitative estimate of drug-likeness (QED) is 0.769. The van der Waals surface area contributed by atoms with Gasteiger partial charge in [-0.15, -0.1) is 0 Å². The summed E-state index contributed by atoms with van der Waals surface area (Å²) >= 11 is 0. The molecule has 4 rings (SSSR count). The van der Waals surface area contributed by atoms with Gasteiger partial charge < -0.3 is 10.2 Å². The molecule has 0 radical (unpaired) electrons. The lowest BCUT2D eigenvalue weighted by molar-refractivity contribution is 0.708. The van der Waals surface area contributed by atoms with Crippen LogP contribution in [0.15, 0.2) is 43.0 Å². The number of hydrogen-bond donors (Lipinski definition) is 1. The normalized spacial score (nSPS) is 13.7. The summed E-state index contributed by atoms with van der Waals surface area (Å²) in [6.45, 7) is 2.54. The fourth-order valence-corrected chi connectivity index (χ4v) is 3.18. The Hall–Kier alpha value is -2.93. The highest BCUT2D eigenvalue weighted by Crippen LogP contribution is 2.26. The first-order valence-electron chi connectivity index (χ1n) is 8.79. The predicted octanol–water partition coefficient (Wildman–Crippen LogP) is 1.65. The van der Waals surface area contributed by atoms with E-state index in [0.717, 1.165) is 48.8 Å². The molecule has 7 nitrogen and oxygen atoms in total. The van der Waals surface area contributed by atoms with Crippen molar-refractivity contribution in [3.8, 4) is 11.5 Å². The predicted molar refractivity (Wildman–Crippen MR) is 99.7 cm³/mol. The van der Waals surface area contributed by atoms with E-state index in [2.05, 4.69) is 25.2 Å². The number of nitrogens with zero attached hydrogens (tertiary/aromatic N) is 6. The Morgan fingerprint density at radius 1 is 1.04 bits per heavy atom. The molecule has 0 fully saturated rings. The van der Waals surface area contributed by atoms with E-state index in [1.165, 1.54) is 5.56 Å². The van der Waals surface area contributed by atoms with Crippen molar-refractivity contribution in [3.63, 3.8) is 0 Å². The molecular weight excluding hydrogens is 326 g/mol. The topological polar surface area (TPSA) is 79.7 Å². The van der Waals surface area contributed by atoms with E-state index in [0.29, 0.717) is 12.4 Å². The average molecular weight is 347 g/mol. The van der Waals surface area contributed by atoms with Gasteiger partial charge >= 0.3 is 0 Å². The maximum atomic E-state index is 4.88. The van der Waals surface area contributed by atoms with Gasteiger partial charge in [0.1, 0.15) is 17.8 Å². The zero-order chi connectivity index (χ0) is 17.8. The van der Waals surface area contributed by atoms with Gasteiger partial charge in [0.2, 0.25) is 0 Å². The summed E-state index contributed by atoms with van der Waals surface area (Å²) in [5, 5.41) is 3.45. The molecule has 132 valence electrons. The fraction of sp³-hybridized carbons (Fsp3) is 0.316. The third-order valence-corrected chi connectivity index (χ3v) is 4.46. The highest BCUT2D eigenvalue weighted by Gasteiger charge is 2.20. The SMILES string of the molecule is CN(Cc1ccncn1)c1nc(-c2ccccn2)nc2c1CCNCC2. The second-order valence-electron chi connectivity index (χ2n) is 6.32. The largest absolute Gasteiger partial charge is 0.353 e. The van der Waals surface area contributed by atoms with Gasteiger partial charge in [-0.1, -0.05) is 6.07 Å². The van der Waals surface area contributed by atoms with Gasteiger partial charge in [0.05, 0.1) is 17.9 Å². The third-order valence-electron chi connectivity index (χ3n) is 4.46. The molecule has 26 heavy (non-hydrogen) atoms. The highest BCUT2D eigenvalue weighted by atomic mass is 15.2. The van der Waals surface area contributed by atoms with Gasteiger partial charge in [-0.3, -0.25) is 4.98 Å². The fourth-order valence-electron chi connectivity index (χ4n) is 3.18. The standard InChI is InChI=1S/C19H21N7/c1-26(12-14-5-9-21-13-23-14)19-15-6-10-20-11-7-16(15)24-18(25-19)17-4-2-3-8-22-17/h2-5,8-9,13,20H,6-7,10-12H2,1H3. The van der Waals surface area contributed by atoms with Gasteiger partial charge in [-0.25, -0.2) is 19.9 Å². The summed E-state index contributed by atoms with van der Waals surface area (Å²) in [5.41, 5.74) is 4.08. The lowest BCUT2D eigenvalue weighted by atomic mass is 10.1. The lowest BCUT2D eigenvalue weighted by Crippen LogP contribution is -2.22. The number of rotatable bonds is 4. The van der Waals surface area contributed by atoms with Crippen LogP contribution in [-0.2, 0) is 19.4 Å². The van der Waals surface area contributed by atoms with E-state index in [9.17, 15) is 0 Å². The van der Waals surface area contributed by atoms with E-state index in [4.69, 9.17) is 9.97 Å². The Kier molecular flexibility index (Phi) is 4.79. The summed E-state index contributed by atoms with van der Waals surface area (Å²) < 4.78 is 0. The zero-order valence-electron chi connectivity index (χ0n) is 14.8. The third kappa shape index (κ3) is 3.52. The summed E-state index contributed by atoms with van der Waals surface area (Å²) in [4.78, 5) is 24.6. The minimum absolute atomic E-state index is 0.668. The molecular formula is C19H21N7. The van der Waals surface area contributed by atoms with Crippen LogP contribution in [0.5, 0.6) is 0 Å². The Morgan fingerprint density at radius 2 is 1.96 bits per heavy atom. The van der Waals surface area contributed by atoms with Crippen molar-refractivity contribution >= 4 is 5.82 Å². The smallest absolute Gasteiger partial charge is 0.180 e. The first-order valence-corrected chi connectivity index (χ1v) is 8.79. The summed E-state index contributed by atoms with van der Waals surface area (Å²) in [6.07, 6.45) is 6.93. The van der Waals surface area contributed by atoms with Crippen LogP contribution in [0.3, 0.4) is 0 Å². The van der Waals surface area contributed by atoms with Gasteiger partial charge in [0, 0.05) is 38.0 Å². The molecule has 0 amide bonds. The van der Waals surface area contributed by atoms with Crippen LogP contribution in [0.4, 0.5) is 5.82 Å². The average Bonchev–Trinajstić information content (AvgIpc) is 2.94. The Bertz CT molecular complexity index is 868. The number of aromatic nitrogens is 5. The minimum Gasteiger partial charge on any atom is -0.353 e. The van der Waals surface area contributed by atoms with Crippen LogP contribution in [-0.4, -0.2) is 45.1 Å². The van der Waals surface area contributed by atoms with Crippen LogP contribution in [0.1, 0.15) is 17.0 Å². The number of anilines is 1. The molecule has 0 unspecified atom stereocenters. The first-order chi connectivity index (χ1) is 12.8. The van der Waals surface area contributed by atoms with E-state index < -0.39 is 0 Å². The molecule has 0 bridgehead atoms. The van der Waals surface area contributed by atoms with Crippen LogP contribution >= 0.6 is 0 Å². The molecule has 0 saturated carbocycles. The van der Waals surface area contributed by atoms with E-state index in [1.807, 2.05) is 31.3 Å². The van der Waals surface area contributed by atoms with Gasteiger partial charge in [0.25, 0.3) is 0 Å². The molecule has 1 N–H and O–H groups in total. The van der Waals surface area contributed by atoms with Gasteiger partial charge in [-0.05, 0) is 31.2 Å². The van der Waals surface area contributed by atoms with Crippen LogP contribution in [0.2, 0.25) is 0 Å². The number of hydrogen-bond acceptors (Lipinski definition) is 7. The summed E-state index contributed by atoms with van der Waals surface area (Å²) in [7, 11) is 2.05. The van der Waals surface area contributed by atoms with Crippen molar-refractivity contribution in [1.29, 1.82) is 0 Å². The van der Waals surface area contributed by atoms with Crippen LogP contribution in [0.25, 0.3) is 11.5 Å². The monoisotopic (exact) mass is 347 g/mol. The summed E-state index contributed by atoms with van der Waals surface area (Å²) in [5.74, 6) is 1.63. The van der Waals surface area contributed by atoms with Gasteiger partial charge in [0.15, 0.2) is 5.82 Å². The van der Waals surface area contributed by atoms with Crippen molar-refractivity contribution in [2.24, 2.45) is 0 Å². The van der Waals surface area contributed by atoms with Crippen molar-refractivity contribution < 1.29 is 0 Å². The molecule has 0 aliphatic carbocycles. The molecule has 3 aromatic heterocycles. The van der Waals surface area contributed by atoms with E-state index >= 15 is 0 Å². The molecule has 1 aliphatic heterocycles. The first kappa shape index (κ1) is 16.5. The Balaban J connectivity index is 1.76. The molecule has 1 aliphatic rings. The molecule has 3 aromatic rings.